The third-order valence-electron chi connectivity index (χ3n) is 2.96. The van der Waals surface area contributed by atoms with Gasteiger partial charge >= 0.3 is 0 Å². The molecule has 2 aromatic carbocycles. The van der Waals surface area contributed by atoms with Crippen LogP contribution in [0.15, 0.2) is 54.6 Å². The van der Waals surface area contributed by atoms with E-state index in [4.69, 9.17) is 11.6 Å². The van der Waals surface area contributed by atoms with E-state index in [1.54, 1.807) is 24.3 Å². The van der Waals surface area contributed by atoms with E-state index in [2.05, 4.69) is 10.6 Å². The van der Waals surface area contributed by atoms with Gasteiger partial charge in [0.1, 0.15) is 0 Å². The highest BCUT2D eigenvalue weighted by Gasteiger charge is 2.12. The Morgan fingerprint density at radius 3 is 2.40 bits per heavy atom. The molecule has 0 aliphatic rings. The lowest BCUT2D eigenvalue weighted by molar-refractivity contribution is -0.117. The van der Waals surface area contributed by atoms with Crippen LogP contribution >= 0.6 is 11.6 Å². The minimum atomic E-state index is -0.272. The molecule has 3 nitrogen and oxygen atoms in total. The number of hydrogen-bond donors (Lipinski definition) is 2. The van der Waals surface area contributed by atoms with Crippen LogP contribution in [0.25, 0.3) is 0 Å². The summed E-state index contributed by atoms with van der Waals surface area (Å²) in [7, 11) is 0. The van der Waals surface area contributed by atoms with Crippen LogP contribution in [-0.2, 0) is 11.3 Å². The summed E-state index contributed by atoms with van der Waals surface area (Å²) in [6.07, 6.45) is 0. The number of hydrogen-bond acceptors (Lipinski definition) is 2. The van der Waals surface area contributed by atoms with E-state index in [0.717, 1.165) is 11.3 Å². The van der Waals surface area contributed by atoms with Crippen LogP contribution in [0.4, 0.5) is 5.69 Å². The Morgan fingerprint density at radius 2 is 1.75 bits per heavy atom. The molecule has 4 heteroatoms. The molecular formula is C16H17ClN2O. The van der Waals surface area contributed by atoms with E-state index in [1.165, 1.54) is 0 Å². The summed E-state index contributed by atoms with van der Waals surface area (Å²) in [5, 5.41) is 6.69. The maximum atomic E-state index is 12.0. The molecule has 104 valence electrons. The van der Waals surface area contributed by atoms with Crippen molar-refractivity contribution in [2.24, 2.45) is 0 Å². The van der Waals surface area contributed by atoms with Crippen LogP contribution in [0, 0.1) is 0 Å². The molecule has 20 heavy (non-hydrogen) atoms. The zero-order valence-corrected chi connectivity index (χ0v) is 12.0. The number of rotatable bonds is 5. The number of nitrogens with one attached hydrogen (secondary N) is 2. The normalized spacial score (nSPS) is 11.9. The van der Waals surface area contributed by atoms with Gasteiger partial charge in [-0.25, -0.2) is 0 Å². The van der Waals surface area contributed by atoms with E-state index in [1.807, 2.05) is 37.3 Å². The summed E-state index contributed by atoms with van der Waals surface area (Å²) in [5.41, 5.74) is 1.89. The molecule has 2 N–H and O–H groups in total. The van der Waals surface area contributed by atoms with Gasteiger partial charge in [-0.05, 0) is 36.8 Å². The molecule has 0 spiro atoms. The second kappa shape index (κ2) is 7.08. The van der Waals surface area contributed by atoms with E-state index in [0.29, 0.717) is 11.6 Å². The van der Waals surface area contributed by atoms with Crippen LogP contribution in [0.2, 0.25) is 5.02 Å². The fourth-order valence-electron chi connectivity index (χ4n) is 1.74. The van der Waals surface area contributed by atoms with Gasteiger partial charge in [0.05, 0.1) is 6.04 Å². The van der Waals surface area contributed by atoms with Gasteiger partial charge in [0.15, 0.2) is 0 Å². The predicted octanol–water partition coefficient (Wildman–Crippen LogP) is 3.46. The monoisotopic (exact) mass is 288 g/mol. The lowest BCUT2D eigenvalue weighted by Crippen LogP contribution is -2.37. The molecule has 1 atom stereocenters. The van der Waals surface area contributed by atoms with Crippen molar-refractivity contribution in [3.8, 4) is 0 Å². The number of benzene rings is 2. The van der Waals surface area contributed by atoms with Crippen molar-refractivity contribution in [2.45, 2.75) is 19.5 Å². The van der Waals surface area contributed by atoms with Crippen molar-refractivity contribution >= 4 is 23.2 Å². The summed E-state index contributed by atoms with van der Waals surface area (Å²) in [4.78, 5) is 12.0. The molecule has 0 aromatic heterocycles. The standard InChI is InChI=1S/C16H17ClN2O/c1-12(18-11-13-5-3-2-4-6-13)16(20)19-15-9-7-14(17)8-10-15/h2-10,12,18H,11H2,1H3,(H,19,20)/t12-/m0/s1. The third-order valence-corrected chi connectivity index (χ3v) is 3.21. The smallest absolute Gasteiger partial charge is 0.241 e. The maximum Gasteiger partial charge on any atom is 0.241 e. The topological polar surface area (TPSA) is 41.1 Å². The van der Waals surface area contributed by atoms with E-state index >= 15 is 0 Å². The van der Waals surface area contributed by atoms with Crippen molar-refractivity contribution < 1.29 is 4.79 Å². The summed E-state index contributed by atoms with van der Waals surface area (Å²) in [6, 6.07) is 16.8. The average molecular weight is 289 g/mol. The van der Waals surface area contributed by atoms with Crippen LogP contribution in [0.3, 0.4) is 0 Å². The van der Waals surface area contributed by atoms with Crippen LogP contribution < -0.4 is 10.6 Å². The van der Waals surface area contributed by atoms with Crippen LogP contribution in [-0.4, -0.2) is 11.9 Å². The van der Waals surface area contributed by atoms with Gasteiger partial charge < -0.3 is 10.6 Å². The Morgan fingerprint density at radius 1 is 1.10 bits per heavy atom. The predicted molar refractivity (Wildman–Crippen MR) is 82.8 cm³/mol. The Bertz CT molecular complexity index is 554. The lowest BCUT2D eigenvalue weighted by atomic mass is 10.2. The Labute approximate surface area is 124 Å². The van der Waals surface area contributed by atoms with E-state index in [9.17, 15) is 4.79 Å². The quantitative estimate of drug-likeness (QED) is 0.885. The van der Waals surface area contributed by atoms with E-state index in [-0.39, 0.29) is 11.9 Å². The highest BCUT2D eigenvalue weighted by molar-refractivity contribution is 6.30. The van der Waals surface area contributed by atoms with Crippen LogP contribution in [0.1, 0.15) is 12.5 Å². The Hall–Kier alpha value is -1.84. The van der Waals surface area contributed by atoms with Gasteiger partial charge in [-0.3, -0.25) is 4.79 Å². The highest BCUT2D eigenvalue weighted by Crippen LogP contribution is 2.13. The Balaban J connectivity index is 1.84. The number of carbonyl (C=O) groups excluding carboxylic acids is 1. The first-order valence-corrected chi connectivity index (χ1v) is 6.86. The second-order valence-corrected chi connectivity index (χ2v) is 5.02. The fourth-order valence-corrected chi connectivity index (χ4v) is 1.87. The molecule has 0 saturated carbocycles. The molecule has 1 amide bonds. The largest absolute Gasteiger partial charge is 0.325 e. The molecule has 0 radical (unpaired) electrons. The molecule has 0 fully saturated rings. The first-order valence-electron chi connectivity index (χ1n) is 6.49. The van der Waals surface area contributed by atoms with Gasteiger partial charge in [-0.1, -0.05) is 41.9 Å². The summed E-state index contributed by atoms with van der Waals surface area (Å²) in [5.74, 6) is -0.0664. The SMILES string of the molecule is C[C@H](NCc1ccccc1)C(=O)Nc1ccc(Cl)cc1. The lowest BCUT2D eigenvalue weighted by Gasteiger charge is -2.14. The first-order chi connectivity index (χ1) is 9.65. The second-order valence-electron chi connectivity index (χ2n) is 4.58. The summed E-state index contributed by atoms with van der Waals surface area (Å²) >= 11 is 5.80. The number of anilines is 1. The van der Waals surface area contributed by atoms with E-state index < -0.39 is 0 Å². The maximum absolute atomic E-state index is 12.0. The molecular weight excluding hydrogens is 272 g/mol. The third kappa shape index (κ3) is 4.37. The van der Waals surface area contributed by atoms with Crippen molar-refractivity contribution in [3.05, 3.63) is 65.2 Å². The van der Waals surface area contributed by atoms with Crippen molar-refractivity contribution in [2.75, 3.05) is 5.32 Å². The first kappa shape index (κ1) is 14.6. The minimum Gasteiger partial charge on any atom is -0.325 e. The molecule has 2 aromatic rings. The fraction of sp³-hybridized carbons (Fsp3) is 0.188. The van der Waals surface area contributed by atoms with Gasteiger partial charge in [0.2, 0.25) is 5.91 Å². The van der Waals surface area contributed by atoms with Gasteiger partial charge in [-0.15, -0.1) is 0 Å². The zero-order valence-electron chi connectivity index (χ0n) is 11.3. The summed E-state index contributed by atoms with van der Waals surface area (Å²) in [6.45, 7) is 2.50. The van der Waals surface area contributed by atoms with Crippen molar-refractivity contribution in [3.63, 3.8) is 0 Å². The molecule has 0 heterocycles. The minimum absolute atomic E-state index is 0.0664. The molecule has 0 unspecified atom stereocenters. The summed E-state index contributed by atoms with van der Waals surface area (Å²) < 4.78 is 0. The van der Waals surface area contributed by atoms with Crippen molar-refractivity contribution in [1.82, 2.24) is 5.32 Å². The number of amides is 1. The van der Waals surface area contributed by atoms with Crippen LogP contribution in [0.5, 0.6) is 0 Å². The van der Waals surface area contributed by atoms with Crippen molar-refractivity contribution in [1.29, 1.82) is 0 Å². The van der Waals surface area contributed by atoms with Gasteiger partial charge in [0.25, 0.3) is 0 Å². The highest BCUT2D eigenvalue weighted by atomic mass is 35.5. The average Bonchev–Trinajstić information content (AvgIpc) is 2.48. The number of carbonyl (C=O) groups is 1. The molecule has 0 aliphatic carbocycles. The van der Waals surface area contributed by atoms with Gasteiger partial charge in [0, 0.05) is 17.3 Å². The number of halogens is 1. The Kier molecular flexibility index (Phi) is 5.16. The zero-order chi connectivity index (χ0) is 14.4. The molecule has 0 aliphatic heterocycles. The molecule has 0 bridgehead atoms. The molecule has 0 saturated heterocycles. The molecule has 2 rings (SSSR count). The van der Waals surface area contributed by atoms with Gasteiger partial charge in [-0.2, -0.15) is 0 Å².